The number of aryl methyl sites for hydroxylation is 2. The van der Waals surface area contributed by atoms with E-state index in [-0.39, 0.29) is 24.2 Å². The second-order valence-electron chi connectivity index (χ2n) is 7.87. The molecule has 0 radical (unpaired) electrons. The van der Waals surface area contributed by atoms with E-state index < -0.39 is 0 Å². The van der Waals surface area contributed by atoms with Crippen molar-refractivity contribution in [3.63, 3.8) is 0 Å². The van der Waals surface area contributed by atoms with Gasteiger partial charge in [0.1, 0.15) is 23.9 Å². The number of nitrogens with zero attached hydrogens (tertiary/aromatic N) is 1. The number of nitrogens with one attached hydrogen (secondary N) is 1. The number of benzene rings is 3. The number of hydrogen-bond donors (Lipinski definition) is 1. The van der Waals surface area contributed by atoms with Gasteiger partial charge in [-0.25, -0.2) is 4.39 Å². The largest absolute Gasteiger partial charge is 0.489 e. The van der Waals surface area contributed by atoms with Crippen LogP contribution in [0.25, 0.3) is 0 Å². The molecule has 1 unspecified atom stereocenters. The number of rotatable bonds is 8. The fraction of sp³-hybridized carbons (Fsp3) is 0.185. The van der Waals surface area contributed by atoms with Crippen molar-refractivity contribution in [2.24, 2.45) is 0 Å². The Morgan fingerprint density at radius 1 is 0.970 bits per heavy atom. The normalized spacial score (nSPS) is 11.7. The minimum Gasteiger partial charge on any atom is -0.489 e. The Hall–Kier alpha value is -3.93. The highest BCUT2D eigenvalue weighted by atomic mass is 19.1. The summed E-state index contributed by atoms with van der Waals surface area (Å²) in [5.41, 5.74) is 4.36. The van der Waals surface area contributed by atoms with Gasteiger partial charge in [0.05, 0.1) is 23.7 Å². The number of amides is 1. The van der Waals surface area contributed by atoms with Gasteiger partial charge in [0, 0.05) is 0 Å². The maximum atomic E-state index is 13.4. The van der Waals surface area contributed by atoms with Crippen LogP contribution < -0.4 is 10.1 Å². The molecule has 1 amide bonds. The van der Waals surface area contributed by atoms with Crippen molar-refractivity contribution in [1.29, 1.82) is 0 Å². The molecule has 1 heterocycles. The lowest BCUT2D eigenvalue weighted by molar-refractivity contribution is -0.120. The van der Waals surface area contributed by atoms with Gasteiger partial charge in [-0.2, -0.15) is 0 Å². The summed E-state index contributed by atoms with van der Waals surface area (Å²) in [5.74, 6) is 1.01. The standard InChI is InChI=1S/C27H25FN2O3/c1-18-25(19(2)33-30-18)17-32-24-14-8-20(9-15-24)16-26(31)29-27(21-6-4-3-5-7-21)22-10-12-23(28)13-11-22/h3-15,27H,16-17H2,1-2H3,(H,29,31). The van der Waals surface area contributed by atoms with Gasteiger partial charge >= 0.3 is 0 Å². The molecule has 5 nitrogen and oxygen atoms in total. The van der Waals surface area contributed by atoms with Gasteiger partial charge in [0.15, 0.2) is 0 Å². The monoisotopic (exact) mass is 444 g/mol. The van der Waals surface area contributed by atoms with Crippen molar-refractivity contribution in [1.82, 2.24) is 10.5 Å². The summed E-state index contributed by atoms with van der Waals surface area (Å²) in [6, 6.07) is 22.9. The average Bonchev–Trinajstić information content (AvgIpc) is 3.15. The predicted molar refractivity (Wildman–Crippen MR) is 123 cm³/mol. The molecule has 1 aromatic heterocycles. The summed E-state index contributed by atoms with van der Waals surface area (Å²) < 4.78 is 24.4. The molecule has 1 N–H and O–H groups in total. The third-order valence-electron chi connectivity index (χ3n) is 5.49. The summed E-state index contributed by atoms with van der Waals surface area (Å²) >= 11 is 0. The molecule has 33 heavy (non-hydrogen) atoms. The quantitative estimate of drug-likeness (QED) is 0.392. The van der Waals surface area contributed by atoms with Gasteiger partial charge in [-0.1, -0.05) is 59.8 Å². The smallest absolute Gasteiger partial charge is 0.225 e. The van der Waals surface area contributed by atoms with E-state index in [0.717, 1.165) is 33.7 Å². The molecule has 0 saturated carbocycles. The van der Waals surface area contributed by atoms with Crippen molar-refractivity contribution in [3.05, 3.63) is 118 Å². The molecule has 4 rings (SSSR count). The van der Waals surface area contributed by atoms with Crippen molar-refractivity contribution < 1.29 is 18.4 Å². The van der Waals surface area contributed by atoms with E-state index >= 15 is 0 Å². The van der Waals surface area contributed by atoms with E-state index in [2.05, 4.69) is 10.5 Å². The van der Waals surface area contributed by atoms with Gasteiger partial charge in [-0.15, -0.1) is 0 Å². The first kappa shape index (κ1) is 22.3. The van der Waals surface area contributed by atoms with E-state index in [9.17, 15) is 9.18 Å². The summed E-state index contributed by atoms with van der Waals surface area (Å²) in [6.45, 7) is 4.11. The highest BCUT2D eigenvalue weighted by Gasteiger charge is 2.17. The third-order valence-corrected chi connectivity index (χ3v) is 5.49. The van der Waals surface area contributed by atoms with Crippen LogP contribution in [0.3, 0.4) is 0 Å². The molecule has 1 atom stereocenters. The summed E-state index contributed by atoms with van der Waals surface area (Å²) in [4.78, 5) is 12.8. The summed E-state index contributed by atoms with van der Waals surface area (Å²) in [5, 5.41) is 7.01. The van der Waals surface area contributed by atoms with Gasteiger partial charge in [0.25, 0.3) is 0 Å². The van der Waals surface area contributed by atoms with E-state index in [0.29, 0.717) is 12.4 Å². The first-order valence-corrected chi connectivity index (χ1v) is 10.7. The molecule has 0 aliphatic rings. The van der Waals surface area contributed by atoms with Crippen molar-refractivity contribution in [3.8, 4) is 5.75 Å². The second-order valence-corrected chi connectivity index (χ2v) is 7.87. The SMILES string of the molecule is Cc1noc(C)c1COc1ccc(CC(=O)NC(c2ccccc2)c2ccc(F)cc2)cc1. The summed E-state index contributed by atoms with van der Waals surface area (Å²) in [6.07, 6.45) is 0.217. The van der Waals surface area contributed by atoms with E-state index in [4.69, 9.17) is 9.26 Å². The second kappa shape index (κ2) is 10.1. The van der Waals surface area contributed by atoms with Crippen LogP contribution in [0.5, 0.6) is 5.75 Å². The Balaban J connectivity index is 1.40. The predicted octanol–water partition coefficient (Wildman–Crippen LogP) is 5.46. The van der Waals surface area contributed by atoms with Crippen LogP contribution in [0.15, 0.2) is 83.4 Å². The van der Waals surface area contributed by atoms with Gasteiger partial charge in [-0.05, 0) is 54.8 Å². The lowest BCUT2D eigenvalue weighted by atomic mass is 9.98. The van der Waals surface area contributed by atoms with Crippen LogP contribution in [0.1, 0.15) is 39.7 Å². The molecule has 0 fully saturated rings. The Kier molecular flexibility index (Phi) is 6.83. The Bertz CT molecular complexity index is 1180. The van der Waals surface area contributed by atoms with E-state index in [1.54, 1.807) is 12.1 Å². The minimum atomic E-state index is -0.364. The number of ether oxygens (including phenoxy) is 1. The van der Waals surface area contributed by atoms with Crippen LogP contribution in [0, 0.1) is 19.7 Å². The zero-order valence-electron chi connectivity index (χ0n) is 18.5. The lowest BCUT2D eigenvalue weighted by Gasteiger charge is -2.20. The van der Waals surface area contributed by atoms with Crippen LogP contribution in [0.2, 0.25) is 0 Å². The third kappa shape index (κ3) is 5.66. The van der Waals surface area contributed by atoms with Crippen molar-refractivity contribution in [2.45, 2.75) is 32.9 Å². The van der Waals surface area contributed by atoms with Crippen LogP contribution in [0.4, 0.5) is 4.39 Å². The highest BCUT2D eigenvalue weighted by Crippen LogP contribution is 2.23. The molecule has 0 aliphatic carbocycles. The maximum Gasteiger partial charge on any atom is 0.225 e. The fourth-order valence-corrected chi connectivity index (χ4v) is 3.62. The molecule has 0 bridgehead atoms. The number of carbonyl (C=O) groups is 1. The number of halogens is 1. The van der Waals surface area contributed by atoms with Crippen molar-refractivity contribution in [2.75, 3.05) is 0 Å². The molecular formula is C27H25FN2O3. The van der Waals surface area contributed by atoms with Crippen LogP contribution >= 0.6 is 0 Å². The Morgan fingerprint density at radius 2 is 1.64 bits per heavy atom. The lowest BCUT2D eigenvalue weighted by Crippen LogP contribution is -2.30. The first-order valence-electron chi connectivity index (χ1n) is 10.7. The van der Waals surface area contributed by atoms with Gasteiger partial charge in [0.2, 0.25) is 5.91 Å². The van der Waals surface area contributed by atoms with Crippen LogP contribution in [-0.2, 0) is 17.8 Å². The first-order chi connectivity index (χ1) is 16.0. The van der Waals surface area contributed by atoms with E-state index in [1.165, 1.54) is 12.1 Å². The minimum absolute atomic E-state index is 0.127. The number of carbonyl (C=O) groups excluding carboxylic acids is 1. The van der Waals surface area contributed by atoms with Gasteiger partial charge < -0.3 is 14.6 Å². The fourth-order valence-electron chi connectivity index (χ4n) is 3.62. The Labute approximate surface area is 192 Å². The zero-order valence-corrected chi connectivity index (χ0v) is 18.5. The van der Waals surface area contributed by atoms with E-state index in [1.807, 2.05) is 68.4 Å². The average molecular weight is 445 g/mol. The highest BCUT2D eigenvalue weighted by molar-refractivity contribution is 5.79. The van der Waals surface area contributed by atoms with Crippen molar-refractivity contribution >= 4 is 5.91 Å². The molecule has 0 aliphatic heterocycles. The molecule has 4 aromatic rings. The molecule has 0 spiro atoms. The molecule has 0 saturated heterocycles. The summed E-state index contributed by atoms with van der Waals surface area (Å²) in [7, 11) is 0. The maximum absolute atomic E-state index is 13.4. The number of hydrogen-bond acceptors (Lipinski definition) is 4. The van der Waals surface area contributed by atoms with Gasteiger partial charge in [-0.3, -0.25) is 4.79 Å². The zero-order chi connectivity index (χ0) is 23.2. The topological polar surface area (TPSA) is 64.4 Å². The molecule has 3 aromatic carbocycles. The van der Waals surface area contributed by atoms with Crippen LogP contribution in [-0.4, -0.2) is 11.1 Å². The molecular weight excluding hydrogens is 419 g/mol. The number of aromatic nitrogens is 1. The molecule has 168 valence electrons. The Morgan fingerprint density at radius 3 is 2.27 bits per heavy atom. The molecule has 6 heteroatoms.